The van der Waals surface area contributed by atoms with Gasteiger partial charge >= 0.3 is 12.9 Å². The van der Waals surface area contributed by atoms with E-state index < -0.39 is 12.9 Å². The smallest absolute Gasteiger partial charge is 0.427 e. The van der Waals surface area contributed by atoms with Gasteiger partial charge in [-0.2, -0.15) is 0 Å². The number of aryl methyl sites for hydroxylation is 2. The first-order valence-corrected chi connectivity index (χ1v) is 8.99. The molecular weight excluding hydrogens is 384 g/mol. The van der Waals surface area contributed by atoms with Gasteiger partial charge in [0.05, 0.1) is 0 Å². The number of nitrogens with zero attached hydrogens (tertiary/aromatic N) is 1. The summed E-state index contributed by atoms with van der Waals surface area (Å²) in [4.78, 5) is 15.4. The number of halogens is 2. The van der Waals surface area contributed by atoms with Crippen molar-refractivity contribution in [3.63, 3.8) is 0 Å². The van der Waals surface area contributed by atoms with Crippen LogP contribution in [0.1, 0.15) is 21.6 Å². The predicted octanol–water partition coefficient (Wildman–Crippen LogP) is 3.89. The van der Waals surface area contributed by atoms with E-state index in [0.717, 1.165) is 22.1 Å². The van der Waals surface area contributed by atoms with Crippen molar-refractivity contribution in [1.29, 1.82) is 0 Å². The molecule has 0 fully saturated rings. The molecule has 136 valence electrons. The molecule has 0 aliphatic rings. The van der Waals surface area contributed by atoms with Gasteiger partial charge in [-0.3, -0.25) is 0 Å². The van der Waals surface area contributed by atoms with Gasteiger partial charge in [-0.1, -0.05) is 46.5 Å². The average Bonchev–Trinajstić information content (AvgIpc) is 2.61. The second-order valence-corrected chi connectivity index (χ2v) is 7.03. The topological polar surface area (TPSA) is 59.4 Å². The number of hydrogen-bond acceptors (Lipinski definition) is 3. The summed E-state index contributed by atoms with van der Waals surface area (Å²) in [6, 6.07) is 14.3. The fourth-order valence-corrected chi connectivity index (χ4v) is 3.39. The minimum absolute atomic E-state index is 0.138. The van der Waals surface area contributed by atoms with Crippen molar-refractivity contribution in [2.45, 2.75) is 13.8 Å². The summed E-state index contributed by atoms with van der Waals surface area (Å²) in [5.74, 6) is -0.955. The molecule has 27 heavy (non-hydrogen) atoms. The lowest BCUT2D eigenvalue weighted by Crippen LogP contribution is -2.50. The third kappa shape index (κ3) is 4.26. The molecule has 0 unspecified atom stereocenters. The summed E-state index contributed by atoms with van der Waals surface area (Å²) in [5.41, 5.74) is 3.49. The first-order valence-electron chi connectivity index (χ1n) is 8.24. The first kappa shape index (κ1) is 19.3. The van der Waals surface area contributed by atoms with Crippen molar-refractivity contribution in [1.82, 2.24) is 4.98 Å². The van der Waals surface area contributed by atoms with Crippen molar-refractivity contribution < 1.29 is 14.6 Å². The second-order valence-electron chi connectivity index (χ2n) is 6.16. The molecule has 4 nitrogen and oxygen atoms in total. The largest absolute Gasteiger partial charge is 0.550 e. The summed E-state index contributed by atoms with van der Waals surface area (Å²) in [7, 11) is 0. The normalized spacial score (nSPS) is 10.5. The summed E-state index contributed by atoms with van der Waals surface area (Å²) in [6.07, 6.45) is 1.42. The molecule has 0 amide bonds. The maximum atomic E-state index is 11.5. The molecule has 2 aromatic carbocycles. The molecule has 0 aliphatic carbocycles. The van der Waals surface area contributed by atoms with Gasteiger partial charge in [0, 0.05) is 16.2 Å². The highest BCUT2D eigenvalue weighted by Gasteiger charge is 2.29. The highest BCUT2D eigenvalue weighted by Crippen LogP contribution is 2.19. The quantitative estimate of drug-likeness (QED) is 0.661. The van der Waals surface area contributed by atoms with Crippen molar-refractivity contribution in [3.05, 3.63) is 81.6 Å². The molecule has 1 aromatic heterocycles. The van der Waals surface area contributed by atoms with E-state index in [2.05, 4.69) is 4.98 Å². The molecular formula is C20H16BCl2NO3. The molecule has 0 saturated heterocycles. The van der Waals surface area contributed by atoms with Crippen molar-refractivity contribution in [2.24, 2.45) is 0 Å². The van der Waals surface area contributed by atoms with E-state index in [-0.39, 0.29) is 11.4 Å². The van der Waals surface area contributed by atoms with E-state index in [1.54, 1.807) is 24.3 Å². The Labute approximate surface area is 167 Å². The van der Waals surface area contributed by atoms with E-state index >= 15 is 0 Å². The number of carboxylic acid groups (broad SMARTS) is 1. The summed E-state index contributed by atoms with van der Waals surface area (Å²) < 4.78 is 6.19. The Balaban J connectivity index is 2.15. The lowest BCUT2D eigenvalue weighted by Gasteiger charge is -2.21. The Kier molecular flexibility index (Phi) is 5.73. The van der Waals surface area contributed by atoms with Crippen LogP contribution in [-0.4, -0.2) is 23.0 Å². The fraction of sp³-hybridized carbons (Fsp3) is 0.100. The van der Waals surface area contributed by atoms with Crippen LogP contribution in [0.2, 0.25) is 10.0 Å². The van der Waals surface area contributed by atoms with Gasteiger partial charge in [0.15, 0.2) is 5.69 Å². The molecule has 0 atom stereocenters. The van der Waals surface area contributed by atoms with Gasteiger partial charge in [0.25, 0.3) is 0 Å². The van der Waals surface area contributed by atoms with Crippen molar-refractivity contribution in [2.75, 3.05) is 0 Å². The van der Waals surface area contributed by atoms with Gasteiger partial charge in [-0.25, -0.2) is 9.78 Å². The van der Waals surface area contributed by atoms with Crippen LogP contribution in [0.15, 0.2) is 54.7 Å². The van der Waals surface area contributed by atoms with E-state index in [9.17, 15) is 9.90 Å². The summed E-state index contributed by atoms with van der Waals surface area (Å²) >= 11 is 12.2. The zero-order valence-electron chi connectivity index (χ0n) is 14.7. The maximum absolute atomic E-state index is 11.5. The third-order valence-electron chi connectivity index (χ3n) is 4.25. The number of carbonyl (C=O) groups is 1. The number of benzene rings is 2. The molecule has 7 heteroatoms. The zero-order chi connectivity index (χ0) is 19.6. The minimum Gasteiger partial charge on any atom is -0.550 e. The Morgan fingerprint density at radius 1 is 1.00 bits per heavy atom. The number of aromatic nitrogens is 1. The van der Waals surface area contributed by atoms with Crippen molar-refractivity contribution >= 4 is 47.0 Å². The third-order valence-corrected chi connectivity index (χ3v) is 4.72. The van der Waals surface area contributed by atoms with E-state index in [1.165, 1.54) is 6.20 Å². The van der Waals surface area contributed by atoms with Gasteiger partial charge in [-0.05, 0) is 61.2 Å². The van der Waals surface area contributed by atoms with Crippen LogP contribution in [0.4, 0.5) is 0 Å². The Morgan fingerprint density at radius 2 is 1.56 bits per heavy atom. The van der Waals surface area contributed by atoms with Crippen LogP contribution in [0.3, 0.4) is 0 Å². The lowest BCUT2D eigenvalue weighted by molar-refractivity contribution is 0.0688. The predicted molar refractivity (Wildman–Crippen MR) is 109 cm³/mol. The molecule has 0 aliphatic heterocycles. The van der Waals surface area contributed by atoms with Crippen LogP contribution in [0, 0.1) is 13.8 Å². The summed E-state index contributed by atoms with van der Waals surface area (Å²) in [5, 5.41) is 10.7. The molecule has 0 bridgehead atoms. The highest BCUT2D eigenvalue weighted by molar-refractivity contribution is 6.81. The van der Waals surface area contributed by atoms with Gasteiger partial charge in [0.1, 0.15) is 5.75 Å². The van der Waals surface area contributed by atoms with Crippen LogP contribution in [-0.2, 0) is 0 Å². The molecule has 3 aromatic rings. The zero-order valence-corrected chi connectivity index (χ0v) is 16.3. The van der Waals surface area contributed by atoms with Crippen LogP contribution in [0.5, 0.6) is 5.75 Å². The number of pyridine rings is 1. The maximum Gasteiger partial charge on any atom is 0.427 e. The van der Waals surface area contributed by atoms with Crippen molar-refractivity contribution in [3.8, 4) is 5.75 Å². The Morgan fingerprint density at radius 3 is 2.04 bits per heavy atom. The van der Waals surface area contributed by atoms with Crippen LogP contribution >= 0.6 is 23.2 Å². The molecule has 0 spiro atoms. The second kappa shape index (κ2) is 8.03. The number of carboxylic acids is 1. The number of aromatic carboxylic acids is 1. The number of rotatable bonds is 5. The van der Waals surface area contributed by atoms with Gasteiger partial charge in [-0.15, -0.1) is 0 Å². The van der Waals surface area contributed by atoms with Gasteiger partial charge < -0.3 is 9.76 Å². The molecule has 0 radical (unpaired) electrons. The molecule has 1 heterocycles. The van der Waals surface area contributed by atoms with Gasteiger partial charge in [0.2, 0.25) is 0 Å². The molecule has 1 N–H and O–H groups in total. The summed E-state index contributed by atoms with van der Waals surface area (Å²) in [6.45, 7) is 3.33. The Hall–Kier alpha value is -2.50. The number of hydrogen-bond donors (Lipinski definition) is 1. The fourth-order valence-electron chi connectivity index (χ4n) is 2.93. The highest BCUT2D eigenvalue weighted by atomic mass is 35.5. The molecule has 3 rings (SSSR count). The monoisotopic (exact) mass is 399 g/mol. The van der Waals surface area contributed by atoms with Crippen LogP contribution < -0.4 is 15.6 Å². The standard InChI is InChI=1S/C20H16BCl2NO3/c1-12-10-14(22)5-7-16(12)21(17-8-6-15(23)11-13(17)2)27-18-4-3-9-24-19(18)20(25)26/h3-11H,1-2H3,(H,25,26). The average molecular weight is 400 g/mol. The Bertz CT molecular complexity index is 959. The van der Waals surface area contributed by atoms with E-state index in [4.69, 9.17) is 27.9 Å². The van der Waals surface area contributed by atoms with Crippen LogP contribution in [0.25, 0.3) is 0 Å². The van der Waals surface area contributed by atoms with E-state index in [1.807, 2.05) is 38.1 Å². The lowest BCUT2D eigenvalue weighted by atomic mass is 9.53. The first-order chi connectivity index (χ1) is 12.9. The molecule has 0 saturated carbocycles. The SMILES string of the molecule is Cc1cc(Cl)ccc1B(Oc1cccnc1C(=O)O)c1ccc(Cl)cc1C. The van der Waals surface area contributed by atoms with E-state index in [0.29, 0.717) is 10.0 Å². The minimum atomic E-state index is -1.15.